The molecule has 0 saturated carbocycles. The number of hydrogen-bond acceptors (Lipinski definition) is 3. The Kier molecular flexibility index (Phi) is 17.5. The van der Waals surface area contributed by atoms with Crippen molar-refractivity contribution in [1.29, 1.82) is 0 Å². The van der Waals surface area contributed by atoms with Crippen molar-refractivity contribution in [3.8, 4) is 77.9 Å². The smallest absolute Gasteiger partial charge is 0.0462 e. The second-order valence-corrected chi connectivity index (χ2v) is 34.5. The minimum Gasteiger partial charge on any atom is -0.314 e. The Labute approximate surface area is 714 Å². The van der Waals surface area contributed by atoms with Gasteiger partial charge in [-0.25, -0.2) is 0 Å². The van der Waals surface area contributed by atoms with Gasteiger partial charge in [-0.1, -0.05) is 318 Å². The monoisotopic (exact) mass is 1570 g/mol. The molecule has 1 heterocycles. The Morgan fingerprint density at radius 2 is 0.664 bits per heavy atom. The van der Waals surface area contributed by atoms with Crippen molar-refractivity contribution in [1.82, 2.24) is 0 Å². The van der Waals surface area contributed by atoms with Crippen LogP contribution in [0.3, 0.4) is 0 Å². The molecule has 0 fully saturated rings. The van der Waals surface area contributed by atoms with Crippen molar-refractivity contribution in [3.63, 3.8) is 0 Å². The van der Waals surface area contributed by atoms with Crippen molar-refractivity contribution in [2.75, 3.05) is 9.80 Å². The molecule has 0 amide bonds. The van der Waals surface area contributed by atoms with Crippen LogP contribution in [0.4, 0.5) is 28.4 Å². The summed E-state index contributed by atoms with van der Waals surface area (Å²) in [6.45, 7) is 8.76. The predicted molar refractivity (Wildman–Crippen MR) is 526 cm³/mol. The first kappa shape index (κ1) is 72.2. The molecule has 0 unspecified atom stereocenters. The zero-order valence-corrected chi connectivity index (χ0v) is 68.7. The first-order valence-electron chi connectivity index (χ1n) is 42.5. The molecule has 0 N–H and O–H groups in total. The van der Waals surface area contributed by atoms with Crippen molar-refractivity contribution < 1.29 is 0 Å². The van der Waals surface area contributed by atoms with Crippen LogP contribution in [0.25, 0.3) is 185 Å². The highest BCUT2D eigenvalue weighted by Crippen LogP contribution is 2.52. The number of fused-ring (bicyclic) bond motifs is 16. The Hall–Kier alpha value is -15.0. The number of thiophene rings is 1. The summed E-state index contributed by atoms with van der Waals surface area (Å²) in [6.07, 6.45) is 12.6. The molecular weight excluding hydrogens is 1490 g/mol. The molecule has 122 heavy (non-hydrogen) atoms. The summed E-state index contributed by atoms with van der Waals surface area (Å²) in [7, 11) is 0. The van der Waals surface area contributed by atoms with Gasteiger partial charge in [0.1, 0.15) is 0 Å². The lowest BCUT2D eigenvalue weighted by Gasteiger charge is -2.30. The maximum absolute atomic E-state index is 4.01. The molecule has 0 bridgehead atoms. The maximum atomic E-state index is 4.01. The summed E-state index contributed by atoms with van der Waals surface area (Å²) in [5.41, 5.74) is 30.4. The van der Waals surface area contributed by atoms with Gasteiger partial charge in [-0.05, 0) is 321 Å². The van der Waals surface area contributed by atoms with Gasteiger partial charge in [0.15, 0.2) is 0 Å². The van der Waals surface area contributed by atoms with E-state index in [1.807, 2.05) is 23.5 Å². The molecule has 0 saturated heterocycles. The van der Waals surface area contributed by atoms with Crippen LogP contribution in [-0.4, -0.2) is 0 Å². The van der Waals surface area contributed by atoms with Crippen LogP contribution in [0.5, 0.6) is 0 Å². The van der Waals surface area contributed by atoms with Gasteiger partial charge in [-0.3, -0.25) is 0 Å². The van der Waals surface area contributed by atoms with Crippen molar-refractivity contribution in [3.05, 3.63) is 453 Å². The third-order valence-electron chi connectivity index (χ3n) is 26.1. The highest BCUT2D eigenvalue weighted by Gasteiger charge is 2.36. The highest BCUT2D eigenvalue weighted by molar-refractivity contribution is 7.25. The van der Waals surface area contributed by atoms with Crippen LogP contribution in [0, 0.1) is 0 Å². The van der Waals surface area contributed by atoms with Crippen LogP contribution in [0.1, 0.15) is 48.9 Å². The maximum Gasteiger partial charge on any atom is 0.0462 e. The van der Waals surface area contributed by atoms with Crippen molar-refractivity contribution in [2.45, 2.75) is 32.1 Å². The molecule has 0 radical (unpaired) electrons. The van der Waals surface area contributed by atoms with Gasteiger partial charge in [0.2, 0.25) is 0 Å². The molecule has 3 heteroatoms. The van der Waals surface area contributed by atoms with Gasteiger partial charge in [0.25, 0.3) is 0 Å². The normalized spacial score (nSPS) is 13.1. The van der Waals surface area contributed by atoms with E-state index in [4.69, 9.17) is 0 Å². The molecular formula is C119H82N2S. The number of hydrogen-bond donors (Lipinski definition) is 0. The largest absolute Gasteiger partial charge is 0.314 e. The van der Waals surface area contributed by atoms with E-state index in [-0.39, 0.29) is 5.41 Å². The van der Waals surface area contributed by atoms with Crippen molar-refractivity contribution >= 4 is 147 Å². The summed E-state index contributed by atoms with van der Waals surface area (Å²) in [6, 6.07) is 148. The van der Waals surface area contributed by atoms with E-state index in [2.05, 4.69) is 443 Å². The minimum atomic E-state index is -0.0660. The third kappa shape index (κ3) is 12.5. The topological polar surface area (TPSA) is 6.48 Å². The average Bonchev–Trinajstić information content (AvgIpc) is 1.60. The Morgan fingerprint density at radius 3 is 1.21 bits per heavy atom. The number of allylic oxidation sites excluding steroid dienone is 6. The van der Waals surface area contributed by atoms with Crippen LogP contribution in [0.2, 0.25) is 0 Å². The second-order valence-electron chi connectivity index (χ2n) is 33.4. The van der Waals surface area contributed by atoms with Gasteiger partial charge in [0.05, 0.1) is 0 Å². The second kappa shape index (κ2) is 29.5. The number of anilines is 5. The Balaban J connectivity index is 0.557. The first-order chi connectivity index (χ1) is 60.1. The van der Waals surface area contributed by atoms with E-state index < -0.39 is 0 Å². The molecule has 23 rings (SSSR count). The van der Waals surface area contributed by atoms with E-state index in [0.717, 1.165) is 46.8 Å². The fourth-order valence-corrected chi connectivity index (χ4v) is 21.0. The quantitative estimate of drug-likeness (QED) is 0.0746. The van der Waals surface area contributed by atoms with E-state index in [9.17, 15) is 0 Å². The lowest BCUT2D eigenvalue weighted by molar-refractivity contribution is 0.660. The Bertz CT molecular complexity index is 7790. The van der Waals surface area contributed by atoms with E-state index in [1.165, 1.54) is 201 Å². The summed E-state index contributed by atoms with van der Waals surface area (Å²) in [5.74, 6) is 0. The van der Waals surface area contributed by atoms with Gasteiger partial charge in [0, 0.05) is 59.7 Å². The summed E-state index contributed by atoms with van der Waals surface area (Å²) < 4.78 is 2.55. The van der Waals surface area contributed by atoms with Gasteiger partial charge < -0.3 is 9.80 Å². The van der Waals surface area contributed by atoms with Crippen LogP contribution in [-0.2, 0) is 5.41 Å². The Morgan fingerprint density at radius 1 is 0.262 bits per heavy atom. The molecule has 1 aromatic heterocycles. The molecule has 2 nitrogen and oxygen atoms in total. The van der Waals surface area contributed by atoms with Gasteiger partial charge in [-0.2, -0.15) is 0 Å². The standard InChI is InChI=1S/C119H82N2S/c1-4-5-20-88-67-82-21-6-7-22-83(82)68-109(88)78-39-55-94(56-40-78)120(93-53-37-77(38-54-93)86-48-64-107-106-33-18-19-34-115(106)119(2,3)116(107)74-86)97-61-45-81(46-62-97)112-73-91-25-10-13-28-100(91)113-69-85(47-63-105(112)113)87-49-65-108-114-70-84(50-66-117(114)122-118(108)75-87)76-35-51-92(52-36-76)121(95-57-41-79(42-58-95)110-71-89-23-8-11-26-98(89)101-29-14-16-31-103(101)110)96-59-43-80(44-60-96)111-72-90-24-9-12-27-99(90)102-30-15-17-32-104(102)111/h4-37,39-53,55-75H,1,38,54H2,2-3H3/b20-5-. The summed E-state index contributed by atoms with van der Waals surface area (Å²) >= 11 is 1.87. The summed E-state index contributed by atoms with van der Waals surface area (Å²) in [5, 5.41) is 20.0. The third-order valence-corrected chi connectivity index (χ3v) is 27.2. The van der Waals surface area contributed by atoms with Gasteiger partial charge >= 0.3 is 0 Å². The molecule has 0 atom stereocenters. The lowest BCUT2D eigenvalue weighted by Crippen LogP contribution is -2.18. The molecule has 2 aliphatic carbocycles. The molecule has 21 aromatic rings. The fourth-order valence-electron chi connectivity index (χ4n) is 19.9. The molecule has 0 aliphatic heterocycles. The van der Waals surface area contributed by atoms with Crippen molar-refractivity contribution in [2.24, 2.45) is 0 Å². The van der Waals surface area contributed by atoms with Crippen LogP contribution >= 0.6 is 11.3 Å². The highest BCUT2D eigenvalue weighted by atomic mass is 32.1. The molecule has 2 aliphatic rings. The van der Waals surface area contributed by atoms with E-state index >= 15 is 0 Å². The number of benzene rings is 20. The zero-order valence-electron chi connectivity index (χ0n) is 67.8. The lowest BCUT2D eigenvalue weighted by atomic mass is 9.81. The zero-order chi connectivity index (χ0) is 81.1. The van der Waals surface area contributed by atoms with Crippen LogP contribution < -0.4 is 9.80 Å². The fraction of sp³-hybridized carbons (Fsp3) is 0.0420. The molecule has 0 spiro atoms. The number of nitrogens with zero attached hydrogens (tertiary/aromatic N) is 2. The van der Waals surface area contributed by atoms with Crippen LogP contribution in [0.15, 0.2) is 431 Å². The molecule has 574 valence electrons. The predicted octanol–water partition coefficient (Wildman–Crippen LogP) is 34.0. The van der Waals surface area contributed by atoms with E-state index in [1.54, 1.807) is 0 Å². The first-order valence-corrected chi connectivity index (χ1v) is 43.3. The van der Waals surface area contributed by atoms with E-state index in [0.29, 0.717) is 0 Å². The van der Waals surface area contributed by atoms with Gasteiger partial charge in [-0.15, -0.1) is 11.3 Å². The number of rotatable bonds is 15. The average molecular weight is 1570 g/mol. The molecule has 20 aromatic carbocycles. The SMILES string of the molecule is C=C/C=C\c1cc2ccccc2cc1-c1ccc(N(C2=CC=C(c3ccc4c(c3)C(C)(C)c3ccccc3-4)CC2)c2ccc(-c3cc4ccccc4c4cc(-c5ccc6c(c5)sc5ccc(-c7ccc(N(c8ccc(-c9cc%10ccccc%10c%10ccccc9%10)cc8)c8ccc(-c9cc%10ccccc%10c%10ccccc9%10)cc8)cc7)cc56)ccc34)cc2)cc1. The minimum absolute atomic E-state index is 0.0660. The summed E-state index contributed by atoms with van der Waals surface area (Å²) in [4.78, 5) is 4.88.